The zero-order valence-corrected chi connectivity index (χ0v) is 12.9. The van der Waals surface area contributed by atoms with Gasteiger partial charge in [0, 0.05) is 23.3 Å². The van der Waals surface area contributed by atoms with Crippen LogP contribution >= 0.6 is 11.6 Å². The van der Waals surface area contributed by atoms with Crippen molar-refractivity contribution in [2.75, 3.05) is 11.9 Å². The molecule has 120 valence electrons. The van der Waals surface area contributed by atoms with Crippen LogP contribution in [0.5, 0.6) is 0 Å². The number of nitrogens with two attached hydrogens (primary N) is 1. The molecule has 0 bridgehead atoms. The molecular formula is C15H22ClF3N2. The molecule has 1 rings (SSSR count). The van der Waals surface area contributed by atoms with Gasteiger partial charge in [0.2, 0.25) is 0 Å². The maximum atomic E-state index is 12.7. The summed E-state index contributed by atoms with van der Waals surface area (Å²) in [7, 11) is 0. The quantitative estimate of drug-likeness (QED) is 0.656. The van der Waals surface area contributed by atoms with E-state index >= 15 is 0 Å². The van der Waals surface area contributed by atoms with Crippen LogP contribution in [0.3, 0.4) is 0 Å². The minimum Gasteiger partial charge on any atom is -0.381 e. The molecule has 0 amide bonds. The number of hydrogen-bond donors (Lipinski definition) is 2. The first-order valence-corrected chi connectivity index (χ1v) is 7.59. The Balaban J connectivity index is 2.69. The fourth-order valence-corrected chi connectivity index (χ4v) is 2.37. The summed E-state index contributed by atoms with van der Waals surface area (Å²) in [5.74, 6) is 0. The standard InChI is InChI=1S/C15H22ClF3N2/c1-2-3-4-5-6-13(10-20)21-14-8-11(15(17,18)19)7-12(16)9-14/h7-9,13,21H,2-6,10,20H2,1H3. The molecule has 0 aliphatic rings. The molecule has 21 heavy (non-hydrogen) atoms. The van der Waals surface area contributed by atoms with Crippen molar-refractivity contribution >= 4 is 17.3 Å². The fourth-order valence-electron chi connectivity index (χ4n) is 2.14. The lowest BCUT2D eigenvalue weighted by Gasteiger charge is -2.19. The Hall–Kier alpha value is -0.940. The number of rotatable bonds is 8. The molecule has 0 aromatic heterocycles. The molecule has 0 aliphatic carbocycles. The molecule has 2 nitrogen and oxygen atoms in total. The highest BCUT2D eigenvalue weighted by atomic mass is 35.5. The van der Waals surface area contributed by atoms with Crippen molar-refractivity contribution in [3.05, 3.63) is 28.8 Å². The first-order chi connectivity index (χ1) is 9.86. The summed E-state index contributed by atoms with van der Waals surface area (Å²) in [6.45, 7) is 2.50. The van der Waals surface area contributed by atoms with Gasteiger partial charge in [-0.1, -0.05) is 44.2 Å². The number of nitrogens with one attached hydrogen (secondary N) is 1. The Morgan fingerprint density at radius 2 is 1.90 bits per heavy atom. The van der Waals surface area contributed by atoms with Gasteiger partial charge < -0.3 is 11.1 Å². The van der Waals surface area contributed by atoms with Gasteiger partial charge in [-0.25, -0.2) is 0 Å². The third-order valence-corrected chi connectivity index (χ3v) is 3.50. The van der Waals surface area contributed by atoms with Gasteiger partial charge in [0.25, 0.3) is 0 Å². The first-order valence-electron chi connectivity index (χ1n) is 7.21. The van der Waals surface area contributed by atoms with Gasteiger partial charge >= 0.3 is 6.18 Å². The highest BCUT2D eigenvalue weighted by molar-refractivity contribution is 6.30. The van der Waals surface area contributed by atoms with E-state index in [-0.39, 0.29) is 11.1 Å². The number of hydrogen-bond acceptors (Lipinski definition) is 2. The lowest BCUT2D eigenvalue weighted by molar-refractivity contribution is -0.137. The molecule has 1 atom stereocenters. The van der Waals surface area contributed by atoms with Crippen LogP contribution in [0.1, 0.15) is 44.6 Å². The molecule has 0 spiro atoms. The summed E-state index contributed by atoms with van der Waals surface area (Å²) in [6, 6.07) is 3.44. The Morgan fingerprint density at radius 3 is 2.48 bits per heavy atom. The van der Waals surface area contributed by atoms with Crippen LogP contribution in [0.25, 0.3) is 0 Å². The van der Waals surface area contributed by atoms with Gasteiger partial charge in [0.15, 0.2) is 0 Å². The molecule has 0 radical (unpaired) electrons. The van der Waals surface area contributed by atoms with E-state index in [9.17, 15) is 13.2 Å². The molecule has 1 aromatic rings. The van der Waals surface area contributed by atoms with Crippen LogP contribution in [0.4, 0.5) is 18.9 Å². The van der Waals surface area contributed by atoms with Crippen LogP contribution in [0.2, 0.25) is 5.02 Å². The SMILES string of the molecule is CCCCCCC(CN)Nc1cc(Cl)cc(C(F)(F)F)c1. The van der Waals surface area contributed by atoms with E-state index in [4.69, 9.17) is 17.3 Å². The summed E-state index contributed by atoms with van der Waals surface area (Å²) < 4.78 is 38.2. The van der Waals surface area contributed by atoms with Gasteiger partial charge in [0.1, 0.15) is 0 Å². The minimum absolute atomic E-state index is 0.0404. The summed E-state index contributed by atoms with van der Waals surface area (Å²) >= 11 is 5.76. The molecule has 0 saturated heterocycles. The summed E-state index contributed by atoms with van der Waals surface area (Å²) in [4.78, 5) is 0. The van der Waals surface area contributed by atoms with Crippen molar-refractivity contribution in [1.82, 2.24) is 0 Å². The van der Waals surface area contributed by atoms with Crippen molar-refractivity contribution in [3.63, 3.8) is 0 Å². The van der Waals surface area contributed by atoms with E-state index in [0.29, 0.717) is 12.2 Å². The Kier molecular flexibility index (Phi) is 7.32. The maximum Gasteiger partial charge on any atom is 0.416 e. The molecule has 3 N–H and O–H groups in total. The van der Waals surface area contributed by atoms with Crippen LogP contribution in [0, 0.1) is 0 Å². The van der Waals surface area contributed by atoms with E-state index in [2.05, 4.69) is 12.2 Å². The van der Waals surface area contributed by atoms with Gasteiger partial charge in [-0.05, 0) is 24.6 Å². The second kappa shape index (κ2) is 8.49. The first kappa shape index (κ1) is 18.1. The smallest absolute Gasteiger partial charge is 0.381 e. The third kappa shape index (κ3) is 6.57. The number of alkyl halides is 3. The third-order valence-electron chi connectivity index (χ3n) is 3.29. The molecular weight excluding hydrogens is 301 g/mol. The van der Waals surface area contributed by atoms with Crippen molar-refractivity contribution < 1.29 is 13.2 Å². The van der Waals surface area contributed by atoms with Crippen LogP contribution < -0.4 is 11.1 Å². The highest BCUT2D eigenvalue weighted by Gasteiger charge is 2.31. The Bertz CT molecular complexity index is 435. The molecule has 0 heterocycles. The molecule has 1 aromatic carbocycles. The zero-order chi connectivity index (χ0) is 15.9. The van der Waals surface area contributed by atoms with Gasteiger partial charge in [-0.15, -0.1) is 0 Å². The van der Waals surface area contributed by atoms with Gasteiger partial charge in [0.05, 0.1) is 5.56 Å². The van der Waals surface area contributed by atoms with E-state index < -0.39 is 11.7 Å². The predicted molar refractivity (Wildman–Crippen MR) is 81.7 cm³/mol. The number of benzene rings is 1. The molecule has 0 saturated carbocycles. The van der Waals surface area contributed by atoms with Crippen LogP contribution in [0.15, 0.2) is 18.2 Å². The molecule has 6 heteroatoms. The van der Waals surface area contributed by atoms with Crippen molar-refractivity contribution in [2.45, 2.75) is 51.2 Å². The van der Waals surface area contributed by atoms with Crippen LogP contribution in [-0.4, -0.2) is 12.6 Å². The minimum atomic E-state index is -4.40. The summed E-state index contributed by atoms with van der Waals surface area (Å²) in [5.41, 5.74) is 5.29. The lowest BCUT2D eigenvalue weighted by Crippen LogP contribution is -2.28. The van der Waals surface area contributed by atoms with Gasteiger partial charge in [-0.2, -0.15) is 13.2 Å². The molecule has 0 aliphatic heterocycles. The van der Waals surface area contributed by atoms with E-state index in [1.165, 1.54) is 6.07 Å². The largest absolute Gasteiger partial charge is 0.416 e. The van der Waals surface area contributed by atoms with E-state index in [1.807, 2.05) is 0 Å². The Morgan fingerprint density at radius 1 is 1.19 bits per heavy atom. The average Bonchev–Trinajstić information content (AvgIpc) is 2.40. The molecule has 1 unspecified atom stereocenters. The summed E-state index contributed by atoms with van der Waals surface area (Å²) in [5, 5.41) is 3.11. The zero-order valence-electron chi connectivity index (χ0n) is 12.1. The number of anilines is 1. The Labute approximate surface area is 128 Å². The monoisotopic (exact) mass is 322 g/mol. The molecule has 0 fully saturated rings. The second-order valence-corrected chi connectivity index (χ2v) is 5.59. The average molecular weight is 323 g/mol. The van der Waals surface area contributed by atoms with Crippen LogP contribution in [-0.2, 0) is 6.18 Å². The predicted octanol–water partition coefficient (Wildman–Crippen LogP) is 5.07. The number of unbranched alkanes of at least 4 members (excludes halogenated alkanes) is 3. The van der Waals surface area contributed by atoms with Crippen molar-refractivity contribution in [2.24, 2.45) is 5.73 Å². The summed E-state index contributed by atoms with van der Waals surface area (Å²) in [6.07, 6.45) is 0.856. The van der Waals surface area contributed by atoms with Crippen molar-refractivity contribution in [3.8, 4) is 0 Å². The maximum absolute atomic E-state index is 12.7. The highest BCUT2D eigenvalue weighted by Crippen LogP contribution is 2.33. The number of halogens is 4. The van der Waals surface area contributed by atoms with Gasteiger partial charge in [-0.3, -0.25) is 0 Å². The lowest BCUT2D eigenvalue weighted by atomic mass is 10.1. The van der Waals surface area contributed by atoms with E-state index in [0.717, 1.165) is 44.2 Å². The normalized spacial score (nSPS) is 13.2. The second-order valence-electron chi connectivity index (χ2n) is 5.15. The van der Waals surface area contributed by atoms with Crippen molar-refractivity contribution in [1.29, 1.82) is 0 Å². The van der Waals surface area contributed by atoms with E-state index in [1.54, 1.807) is 0 Å². The topological polar surface area (TPSA) is 38.0 Å². The fraction of sp³-hybridized carbons (Fsp3) is 0.600.